The van der Waals surface area contributed by atoms with Gasteiger partial charge in [-0.3, -0.25) is 9.59 Å². The number of carbonyl (C=O) groups is 2. The normalized spacial score (nSPS) is 16.5. The van der Waals surface area contributed by atoms with E-state index < -0.39 is 39.7 Å². The number of hydrogen-bond donors (Lipinski definition) is 0. The van der Waals surface area contributed by atoms with Crippen molar-refractivity contribution in [3.63, 3.8) is 0 Å². The van der Waals surface area contributed by atoms with Gasteiger partial charge in [-0.25, -0.2) is 22.7 Å². The lowest BCUT2D eigenvalue weighted by Gasteiger charge is -2.32. The summed E-state index contributed by atoms with van der Waals surface area (Å²) < 4.78 is 43.7. The van der Waals surface area contributed by atoms with Crippen molar-refractivity contribution in [2.75, 3.05) is 4.90 Å². The zero-order chi connectivity index (χ0) is 29.6. The second-order valence-electron chi connectivity index (χ2n) is 10.2. The number of aryl methyl sites for hydroxylation is 1. The van der Waals surface area contributed by atoms with Crippen molar-refractivity contribution in [3.05, 3.63) is 114 Å². The summed E-state index contributed by atoms with van der Waals surface area (Å²) in [6.07, 6.45) is -0.324. The van der Waals surface area contributed by atoms with Crippen LogP contribution in [0.15, 0.2) is 102 Å². The van der Waals surface area contributed by atoms with Crippen molar-refractivity contribution in [2.45, 2.75) is 37.2 Å². The molecular formula is C32H26FN3O4S2. The smallest absolute Gasteiger partial charge is 0.252 e. The van der Waals surface area contributed by atoms with Gasteiger partial charge in [0, 0.05) is 11.6 Å². The van der Waals surface area contributed by atoms with Gasteiger partial charge in [0.1, 0.15) is 16.9 Å². The molecule has 0 saturated carbocycles. The Balaban J connectivity index is 1.34. The van der Waals surface area contributed by atoms with Crippen LogP contribution in [0.1, 0.15) is 30.5 Å². The minimum absolute atomic E-state index is 0.166. The summed E-state index contributed by atoms with van der Waals surface area (Å²) in [7, 11) is -4.31. The quantitative estimate of drug-likeness (QED) is 0.200. The highest BCUT2D eigenvalue weighted by molar-refractivity contribution is 7.89. The number of nitrogens with zero attached hydrogens (tertiary/aromatic N) is 3. The first-order valence-corrected chi connectivity index (χ1v) is 15.6. The summed E-state index contributed by atoms with van der Waals surface area (Å²) in [5.41, 5.74) is 3.88. The number of hydrogen-bond acceptors (Lipinski definition) is 6. The molecule has 0 bridgehead atoms. The Morgan fingerprint density at radius 2 is 1.64 bits per heavy atom. The first-order valence-electron chi connectivity index (χ1n) is 13.3. The first kappa shape index (κ1) is 27.9. The largest absolute Gasteiger partial charge is 0.274 e. The number of anilines is 1. The highest BCUT2D eigenvalue weighted by atomic mass is 32.2. The Hall–Kier alpha value is -4.25. The number of carbonyl (C=O) groups excluding carboxylic acids is 2. The molecular weight excluding hydrogens is 574 g/mol. The van der Waals surface area contributed by atoms with E-state index in [-0.39, 0.29) is 11.3 Å². The van der Waals surface area contributed by atoms with Crippen LogP contribution in [0.5, 0.6) is 0 Å². The number of thiazole rings is 1. The Kier molecular flexibility index (Phi) is 7.22. The lowest BCUT2D eigenvalue weighted by Crippen LogP contribution is -2.46. The van der Waals surface area contributed by atoms with E-state index in [0.717, 1.165) is 59.8 Å². The number of benzene rings is 4. The Morgan fingerprint density at radius 3 is 2.33 bits per heavy atom. The molecule has 1 fully saturated rings. The lowest BCUT2D eigenvalue weighted by molar-refractivity contribution is -0.122. The van der Waals surface area contributed by atoms with Crippen LogP contribution in [0.4, 0.5) is 10.1 Å². The number of fused-ring (bicyclic) bond motifs is 1. The van der Waals surface area contributed by atoms with Gasteiger partial charge in [-0.1, -0.05) is 36.4 Å². The average Bonchev–Trinajstić information content (AvgIpc) is 3.53. The van der Waals surface area contributed by atoms with E-state index in [1.54, 1.807) is 72.9 Å². The van der Waals surface area contributed by atoms with Gasteiger partial charge in [-0.2, -0.15) is 4.31 Å². The van der Waals surface area contributed by atoms with Gasteiger partial charge in [0.25, 0.3) is 5.91 Å². The van der Waals surface area contributed by atoms with Crippen LogP contribution in [0, 0.1) is 12.7 Å². The van der Waals surface area contributed by atoms with Crippen molar-refractivity contribution in [3.8, 4) is 10.6 Å². The standard InChI is InChI=1S/C32H26FN3O4S2/c1-20-8-17-27-29(18-20)41-31(34-27)23-9-13-25(14-10-23)35-30(37)19-28(32(35)38)36(21(2)22-6-4-3-5-7-22)42(39,40)26-15-11-24(33)12-16-26/h3-18,21,28H,19H2,1-2H3. The third kappa shape index (κ3) is 5.02. The maximum atomic E-state index is 14.0. The van der Waals surface area contributed by atoms with E-state index in [9.17, 15) is 22.4 Å². The molecule has 0 radical (unpaired) electrons. The highest BCUT2D eigenvalue weighted by Gasteiger charge is 2.49. The molecule has 0 aliphatic carbocycles. The molecule has 2 amide bonds. The Morgan fingerprint density at radius 1 is 0.952 bits per heavy atom. The number of sulfonamides is 1. The second-order valence-corrected chi connectivity index (χ2v) is 13.1. The number of imide groups is 1. The van der Waals surface area contributed by atoms with Crippen molar-refractivity contribution in [1.29, 1.82) is 0 Å². The monoisotopic (exact) mass is 599 g/mol. The molecule has 4 aromatic carbocycles. The number of halogens is 1. The van der Waals surface area contributed by atoms with Crippen LogP contribution < -0.4 is 4.90 Å². The predicted molar refractivity (Wildman–Crippen MR) is 161 cm³/mol. The van der Waals surface area contributed by atoms with Gasteiger partial charge in [0.2, 0.25) is 15.9 Å². The molecule has 6 rings (SSSR count). The lowest BCUT2D eigenvalue weighted by atomic mass is 10.1. The third-order valence-corrected chi connectivity index (χ3v) is 10.5. The molecule has 1 aromatic heterocycles. The van der Waals surface area contributed by atoms with Gasteiger partial charge in [0.05, 0.1) is 27.2 Å². The summed E-state index contributed by atoms with van der Waals surface area (Å²) in [4.78, 5) is 32.7. The van der Waals surface area contributed by atoms with Gasteiger partial charge >= 0.3 is 0 Å². The fourth-order valence-electron chi connectivity index (χ4n) is 5.25. The van der Waals surface area contributed by atoms with Gasteiger partial charge < -0.3 is 0 Å². The van der Waals surface area contributed by atoms with Gasteiger partial charge in [-0.15, -0.1) is 11.3 Å². The van der Waals surface area contributed by atoms with E-state index >= 15 is 0 Å². The molecule has 42 heavy (non-hydrogen) atoms. The van der Waals surface area contributed by atoms with Gasteiger partial charge in [-0.05, 0) is 85.6 Å². The van der Waals surface area contributed by atoms with Crippen molar-refractivity contribution in [1.82, 2.24) is 9.29 Å². The molecule has 212 valence electrons. The average molecular weight is 600 g/mol. The molecule has 2 atom stereocenters. The van der Waals surface area contributed by atoms with Crippen molar-refractivity contribution >= 4 is 49.1 Å². The van der Waals surface area contributed by atoms with Crippen LogP contribution in [0.2, 0.25) is 0 Å². The number of amides is 2. The fourth-order valence-corrected chi connectivity index (χ4v) is 8.08. The van der Waals surface area contributed by atoms with E-state index in [0.29, 0.717) is 11.3 Å². The summed E-state index contributed by atoms with van der Waals surface area (Å²) in [5, 5.41) is 0.812. The topological polar surface area (TPSA) is 87.7 Å². The maximum Gasteiger partial charge on any atom is 0.252 e. The summed E-state index contributed by atoms with van der Waals surface area (Å²) in [6, 6.07) is 24.3. The van der Waals surface area contributed by atoms with Gasteiger partial charge in [0.15, 0.2) is 0 Å². The molecule has 10 heteroatoms. The highest BCUT2D eigenvalue weighted by Crippen LogP contribution is 2.37. The van der Waals surface area contributed by atoms with Crippen LogP contribution in [0.3, 0.4) is 0 Å². The minimum Gasteiger partial charge on any atom is -0.274 e. The zero-order valence-corrected chi connectivity index (χ0v) is 24.4. The summed E-state index contributed by atoms with van der Waals surface area (Å²) in [5.74, 6) is -1.73. The van der Waals surface area contributed by atoms with Crippen molar-refractivity contribution < 1.29 is 22.4 Å². The molecule has 0 spiro atoms. The Bertz CT molecular complexity index is 1910. The summed E-state index contributed by atoms with van der Waals surface area (Å²) in [6.45, 7) is 3.70. The van der Waals surface area contributed by atoms with E-state index in [1.165, 1.54) is 0 Å². The molecule has 1 aliphatic heterocycles. The molecule has 7 nitrogen and oxygen atoms in total. The van der Waals surface area contributed by atoms with E-state index in [4.69, 9.17) is 4.98 Å². The van der Waals surface area contributed by atoms with E-state index in [1.807, 2.05) is 19.1 Å². The number of rotatable bonds is 7. The zero-order valence-electron chi connectivity index (χ0n) is 22.8. The molecule has 2 unspecified atom stereocenters. The second kappa shape index (κ2) is 10.9. The fraction of sp³-hybridized carbons (Fsp3) is 0.156. The predicted octanol–water partition coefficient (Wildman–Crippen LogP) is 6.49. The first-order chi connectivity index (χ1) is 20.1. The van der Waals surface area contributed by atoms with Crippen LogP contribution in [-0.4, -0.2) is 35.6 Å². The van der Waals surface area contributed by atoms with Crippen LogP contribution in [0.25, 0.3) is 20.8 Å². The number of aromatic nitrogens is 1. The minimum atomic E-state index is -4.31. The Labute approximate surface area is 246 Å². The molecule has 1 aliphatic rings. The molecule has 2 heterocycles. The van der Waals surface area contributed by atoms with Crippen molar-refractivity contribution in [2.24, 2.45) is 0 Å². The SMILES string of the molecule is Cc1ccc2nc(-c3ccc(N4C(=O)CC(N(C(C)c5ccccc5)S(=O)(=O)c5ccc(F)cc5)C4=O)cc3)sc2c1. The summed E-state index contributed by atoms with van der Waals surface area (Å²) >= 11 is 1.56. The van der Waals surface area contributed by atoms with Crippen LogP contribution in [-0.2, 0) is 19.6 Å². The third-order valence-electron chi connectivity index (χ3n) is 7.40. The molecule has 1 saturated heterocycles. The maximum absolute atomic E-state index is 14.0. The molecule has 0 N–H and O–H groups in total. The van der Waals surface area contributed by atoms with Crippen LogP contribution >= 0.6 is 11.3 Å². The molecule has 5 aromatic rings. The van der Waals surface area contributed by atoms with E-state index in [2.05, 4.69) is 6.07 Å².